The summed E-state index contributed by atoms with van der Waals surface area (Å²) in [5, 5.41) is 0. The van der Waals surface area contributed by atoms with E-state index in [0.29, 0.717) is 6.54 Å². The molecule has 1 fully saturated rings. The molecule has 0 amide bonds. The number of ether oxygens (including phenoxy) is 2. The van der Waals surface area contributed by atoms with Crippen LogP contribution in [0.15, 0.2) is 22.7 Å². The summed E-state index contributed by atoms with van der Waals surface area (Å²) in [4.78, 5) is 0. The second-order valence-corrected chi connectivity index (χ2v) is 4.74. The average Bonchev–Trinajstić information content (AvgIpc) is 2.33. The number of benzene rings is 1. The molecule has 1 aromatic rings. The smallest absolute Gasteiger partial charge is 0.120 e. The van der Waals surface area contributed by atoms with Crippen molar-refractivity contribution in [2.45, 2.75) is 25.5 Å². The van der Waals surface area contributed by atoms with Crippen molar-refractivity contribution in [1.82, 2.24) is 0 Å². The summed E-state index contributed by atoms with van der Waals surface area (Å²) in [5.41, 5.74) is 6.72. The molecule has 0 spiro atoms. The summed E-state index contributed by atoms with van der Waals surface area (Å²) in [6, 6.07) is 5.95. The Labute approximate surface area is 104 Å². The van der Waals surface area contributed by atoms with E-state index in [1.807, 2.05) is 18.2 Å². The molecule has 0 radical (unpaired) electrons. The van der Waals surface area contributed by atoms with Crippen LogP contribution in [0.1, 0.15) is 18.4 Å². The van der Waals surface area contributed by atoms with Gasteiger partial charge in [0.05, 0.1) is 13.2 Å². The number of nitrogens with two attached hydrogens (primary N) is 1. The van der Waals surface area contributed by atoms with Gasteiger partial charge < -0.3 is 15.2 Å². The fraction of sp³-hybridized carbons (Fsp3) is 0.500. The summed E-state index contributed by atoms with van der Waals surface area (Å²) in [6.45, 7) is 2.11. The molecule has 4 heteroatoms. The van der Waals surface area contributed by atoms with Gasteiger partial charge in [-0.25, -0.2) is 0 Å². The van der Waals surface area contributed by atoms with Crippen molar-refractivity contribution in [3.63, 3.8) is 0 Å². The molecule has 1 saturated heterocycles. The van der Waals surface area contributed by atoms with Gasteiger partial charge in [0.25, 0.3) is 0 Å². The van der Waals surface area contributed by atoms with Gasteiger partial charge in [-0.05, 0) is 23.8 Å². The quantitative estimate of drug-likeness (QED) is 0.928. The Kier molecular flexibility index (Phi) is 4.21. The molecule has 0 bridgehead atoms. The highest BCUT2D eigenvalue weighted by molar-refractivity contribution is 9.10. The van der Waals surface area contributed by atoms with Crippen LogP contribution in [0.5, 0.6) is 5.75 Å². The molecule has 0 aromatic heterocycles. The van der Waals surface area contributed by atoms with E-state index in [9.17, 15) is 0 Å². The summed E-state index contributed by atoms with van der Waals surface area (Å²) in [6.07, 6.45) is 2.21. The van der Waals surface area contributed by atoms with Gasteiger partial charge in [-0.2, -0.15) is 0 Å². The van der Waals surface area contributed by atoms with E-state index < -0.39 is 0 Å². The van der Waals surface area contributed by atoms with E-state index in [2.05, 4.69) is 15.9 Å². The van der Waals surface area contributed by atoms with Crippen molar-refractivity contribution >= 4 is 15.9 Å². The lowest BCUT2D eigenvalue weighted by Crippen LogP contribution is -2.25. The Morgan fingerprint density at radius 1 is 1.38 bits per heavy atom. The molecule has 0 atom stereocenters. The first-order chi connectivity index (χ1) is 7.79. The molecule has 1 aliphatic rings. The van der Waals surface area contributed by atoms with Crippen LogP contribution >= 0.6 is 15.9 Å². The van der Waals surface area contributed by atoms with Crippen LogP contribution in [0.3, 0.4) is 0 Å². The first-order valence-electron chi connectivity index (χ1n) is 5.52. The molecule has 1 heterocycles. The third-order valence-corrected chi connectivity index (χ3v) is 3.48. The van der Waals surface area contributed by atoms with E-state index in [4.69, 9.17) is 15.2 Å². The average molecular weight is 286 g/mol. The second-order valence-electron chi connectivity index (χ2n) is 3.89. The van der Waals surface area contributed by atoms with Gasteiger partial charge in [0, 0.05) is 23.9 Å². The molecule has 1 aromatic carbocycles. The van der Waals surface area contributed by atoms with Gasteiger partial charge in [-0.1, -0.05) is 15.9 Å². The van der Waals surface area contributed by atoms with Gasteiger partial charge in [-0.3, -0.25) is 0 Å². The number of hydrogen-bond donors (Lipinski definition) is 1. The molecule has 1 aliphatic heterocycles. The third-order valence-electron chi connectivity index (χ3n) is 2.71. The predicted molar refractivity (Wildman–Crippen MR) is 66.5 cm³/mol. The maximum absolute atomic E-state index is 5.90. The summed E-state index contributed by atoms with van der Waals surface area (Å²) in [7, 11) is 0. The Bertz CT molecular complexity index is 351. The number of halogens is 1. The molecule has 16 heavy (non-hydrogen) atoms. The normalized spacial score (nSPS) is 17.4. The SMILES string of the molecule is NCc1cc(OC2CCOCC2)ccc1Br. The topological polar surface area (TPSA) is 44.5 Å². The molecule has 0 aliphatic carbocycles. The van der Waals surface area contributed by atoms with E-state index in [1.165, 1.54) is 0 Å². The Balaban J connectivity index is 2.03. The minimum Gasteiger partial charge on any atom is -0.490 e. The maximum atomic E-state index is 5.90. The van der Waals surface area contributed by atoms with Gasteiger partial charge in [0.15, 0.2) is 0 Å². The zero-order valence-electron chi connectivity index (χ0n) is 9.12. The van der Waals surface area contributed by atoms with Gasteiger partial charge >= 0.3 is 0 Å². The minimum absolute atomic E-state index is 0.278. The Morgan fingerprint density at radius 3 is 2.81 bits per heavy atom. The zero-order valence-corrected chi connectivity index (χ0v) is 10.7. The molecule has 0 unspecified atom stereocenters. The lowest BCUT2D eigenvalue weighted by molar-refractivity contribution is 0.0255. The van der Waals surface area contributed by atoms with Gasteiger partial charge in [0.1, 0.15) is 11.9 Å². The predicted octanol–water partition coefficient (Wildman–Crippen LogP) is 2.47. The molecular formula is C12H16BrNO2. The standard InChI is InChI=1S/C12H16BrNO2/c13-12-2-1-11(7-9(12)8-14)16-10-3-5-15-6-4-10/h1-2,7,10H,3-6,8,14H2. The third kappa shape index (κ3) is 2.97. The van der Waals surface area contributed by atoms with Crippen LogP contribution in [0.25, 0.3) is 0 Å². The van der Waals surface area contributed by atoms with E-state index >= 15 is 0 Å². The van der Waals surface area contributed by atoms with Crippen molar-refractivity contribution in [2.24, 2.45) is 5.73 Å². The first-order valence-corrected chi connectivity index (χ1v) is 6.32. The molecular weight excluding hydrogens is 270 g/mol. The second kappa shape index (κ2) is 5.66. The zero-order chi connectivity index (χ0) is 11.4. The van der Waals surface area contributed by atoms with E-state index in [-0.39, 0.29) is 6.10 Å². The Morgan fingerprint density at radius 2 is 2.12 bits per heavy atom. The van der Waals surface area contributed by atoms with E-state index in [0.717, 1.165) is 41.8 Å². The lowest BCUT2D eigenvalue weighted by Gasteiger charge is -2.23. The summed E-state index contributed by atoms with van der Waals surface area (Å²) in [5.74, 6) is 0.899. The maximum Gasteiger partial charge on any atom is 0.120 e. The molecule has 2 rings (SSSR count). The fourth-order valence-electron chi connectivity index (χ4n) is 1.77. The molecule has 88 valence electrons. The number of hydrogen-bond acceptors (Lipinski definition) is 3. The highest BCUT2D eigenvalue weighted by Gasteiger charge is 2.15. The van der Waals surface area contributed by atoms with Crippen LogP contribution < -0.4 is 10.5 Å². The first kappa shape index (κ1) is 11.9. The van der Waals surface area contributed by atoms with Crippen LogP contribution in [0, 0.1) is 0 Å². The van der Waals surface area contributed by atoms with Crippen molar-refractivity contribution in [1.29, 1.82) is 0 Å². The van der Waals surface area contributed by atoms with Crippen molar-refractivity contribution in [3.8, 4) is 5.75 Å². The molecule has 3 nitrogen and oxygen atoms in total. The van der Waals surface area contributed by atoms with Gasteiger partial charge in [-0.15, -0.1) is 0 Å². The van der Waals surface area contributed by atoms with Crippen molar-refractivity contribution in [3.05, 3.63) is 28.2 Å². The highest BCUT2D eigenvalue weighted by Crippen LogP contribution is 2.24. The summed E-state index contributed by atoms with van der Waals surface area (Å²) >= 11 is 3.46. The van der Waals surface area contributed by atoms with E-state index in [1.54, 1.807) is 0 Å². The lowest BCUT2D eigenvalue weighted by atomic mass is 10.1. The number of rotatable bonds is 3. The largest absolute Gasteiger partial charge is 0.490 e. The summed E-state index contributed by atoms with van der Waals surface area (Å²) < 4.78 is 12.2. The monoisotopic (exact) mass is 285 g/mol. The van der Waals surface area contributed by atoms with Crippen molar-refractivity contribution < 1.29 is 9.47 Å². The molecule has 2 N–H and O–H groups in total. The van der Waals surface area contributed by atoms with Crippen LogP contribution in [0.2, 0.25) is 0 Å². The molecule has 0 saturated carbocycles. The van der Waals surface area contributed by atoms with Gasteiger partial charge in [0.2, 0.25) is 0 Å². The highest BCUT2D eigenvalue weighted by atomic mass is 79.9. The Hall–Kier alpha value is -0.580. The fourth-order valence-corrected chi connectivity index (χ4v) is 2.18. The van der Waals surface area contributed by atoms with Crippen LogP contribution in [-0.4, -0.2) is 19.3 Å². The van der Waals surface area contributed by atoms with Crippen LogP contribution in [-0.2, 0) is 11.3 Å². The van der Waals surface area contributed by atoms with Crippen molar-refractivity contribution in [2.75, 3.05) is 13.2 Å². The minimum atomic E-state index is 0.278. The van der Waals surface area contributed by atoms with Crippen LogP contribution in [0.4, 0.5) is 0 Å².